The molecule has 1 spiro atoms. The summed E-state index contributed by atoms with van der Waals surface area (Å²) in [4.78, 5) is 2.36. The van der Waals surface area contributed by atoms with Crippen LogP contribution in [0.15, 0.2) is 241 Å². The predicted octanol–water partition coefficient (Wildman–Crippen LogP) is 16.4. The van der Waals surface area contributed by atoms with Crippen LogP contribution in [0.5, 0.6) is 0 Å². The van der Waals surface area contributed by atoms with E-state index in [1.165, 1.54) is 83.3 Å². The maximum absolute atomic E-state index is 6.49. The SMILES string of the molecule is c1ccc(-c2ccc(N(c3ccc(-c4ccccc4)cc3)c3ccc(-c4ccc5c(c4)C4(c6ccccc6-5)c5ccccc5-c5c4ccc4oc6ccccc6c54)cc3)cc2)cc1. The second kappa shape index (κ2) is 13.9. The third-order valence-electron chi connectivity index (χ3n) is 13.5. The van der Waals surface area contributed by atoms with Crippen LogP contribution in [0.1, 0.15) is 22.3 Å². The first kappa shape index (κ1) is 35.5. The number of para-hydroxylation sites is 1. The van der Waals surface area contributed by atoms with Gasteiger partial charge in [-0.3, -0.25) is 0 Å². The summed E-state index contributed by atoms with van der Waals surface area (Å²) in [5.41, 5.74) is 22.3. The topological polar surface area (TPSA) is 16.4 Å². The molecule has 294 valence electrons. The van der Waals surface area contributed by atoms with Gasteiger partial charge in [-0.15, -0.1) is 0 Å². The molecule has 0 amide bonds. The van der Waals surface area contributed by atoms with Gasteiger partial charge in [-0.05, 0) is 132 Å². The average molecular weight is 802 g/mol. The Morgan fingerprint density at radius 3 is 1.38 bits per heavy atom. The first-order valence-corrected chi connectivity index (χ1v) is 21.7. The van der Waals surface area contributed by atoms with Crippen molar-refractivity contribution in [1.29, 1.82) is 0 Å². The molecule has 2 aliphatic rings. The standard InChI is InChI=1S/C61H39NO/c1-3-13-40(14-4-1)42-23-30-46(31-24-42)62(47-32-25-43(26-33-47)41-15-5-2-6-16-41)48-34-27-44(28-35-48)45-29-36-50-49-17-7-10-20-53(49)61(56(50)39-45)54-21-11-8-18-51(54)59-55(61)37-38-58-60(59)52-19-9-12-22-57(52)63-58/h1-39H. The average Bonchev–Trinajstić information content (AvgIpc) is 3.99. The first-order chi connectivity index (χ1) is 31.2. The minimum absolute atomic E-state index is 0.477. The fourth-order valence-electron chi connectivity index (χ4n) is 10.7. The molecular formula is C61H39NO. The van der Waals surface area contributed by atoms with E-state index in [9.17, 15) is 0 Å². The molecule has 0 saturated carbocycles. The molecule has 0 aliphatic heterocycles. The van der Waals surface area contributed by atoms with Crippen LogP contribution in [0.3, 0.4) is 0 Å². The zero-order chi connectivity index (χ0) is 41.5. The summed E-state index contributed by atoms with van der Waals surface area (Å²) in [5.74, 6) is 0. The van der Waals surface area contributed by atoms with Gasteiger partial charge >= 0.3 is 0 Å². The third kappa shape index (κ3) is 5.32. The second-order valence-electron chi connectivity index (χ2n) is 16.8. The normalized spacial score (nSPS) is 14.4. The second-order valence-corrected chi connectivity index (χ2v) is 16.8. The largest absolute Gasteiger partial charge is 0.456 e. The minimum atomic E-state index is -0.477. The Bertz CT molecular complexity index is 3450. The van der Waals surface area contributed by atoms with Crippen molar-refractivity contribution in [2.45, 2.75) is 5.41 Å². The monoisotopic (exact) mass is 801 g/mol. The Labute approximate surface area is 366 Å². The van der Waals surface area contributed by atoms with E-state index in [4.69, 9.17) is 4.42 Å². The molecule has 0 fully saturated rings. The molecule has 10 aromatic carbocycles. The highest BCUT2D eigenvalue weighted by Crippen LogP contribution is 2.64. The van der Waals surface area contributed by atoms with Crippen molar-refractivity contribution in [1.82, 2.24) is 0 Å². The lowest BCUT2D eigenvalue weighted by Gasteiger charge is -2.30. The Hall–Kier alpha value is -8.20. The quantitative estimate of drug-likeness (QED) is 0.167. The highest BCUT2D eigenvalue weighted by Gasteiger charge is 2.52. The van der Waals surface area contributed by atoms with Crippen LogP contribution in [-0.4, -0.2) is 0 Å². The molecule has 11 aromatic rings. The number of hydrogen-bond acceptors (Lipinski definition) is 2. The minimum Gasteiger partial charge on any atom is -0.456 e. The van der Waals surface area contributed by atoms with E-state index in [0.717, 1.165) is 33.6 Å². The fourth-order valence-corrected chi connectivity index (χ4v) is 10.7. The lowest BCUT2D eigenvalue weighted by atomic mass is 9.70. The summed E-state index contributed by atoms with van der Waals surface area (Å²) in [6, 6.07) is 86.3. The predicted molar refractivity (Wildman–Crippen MR) is 261 cm³/mol. The van der Waals surface area contributed by atoms with Gasteiger partial charge in [0.15, 0.2) is 0 Å². The number of rotatable bonds is 6. The maximum atomic E-state index is 6.49. The van der Waals surface area contributed by atoms with E-state index >= 15 is 0 Å². The van der Waals surface area contributed by atoms with Crippen molar-refractivity contribution in [3.63, 3.8) is 0 Å². The van der Waals surface area contributed by atoms with Gasteiger partial charge in [-0.1, -0.05) is 182 Å². The smallest absolute Gasteiger partial charge is 0.136 e. The summed E-state index contributed by atoms with van der Waals surface area (Å²) < 4.78 is 6.49. The van der Waals surface area contributed by atoms with Crippen LogP contribution < -0.4 is 4.90 Å². The summed E-state index contributed by atoms with van der Waals surface area (Å²) in [7, 11) is 0. The van der Waals surface area contributed by atoms with E-state index in [1.54, 1.807) is 0 Å². The van der Waals surface area contributed by atoms with Gasteiger partial charge in [-0.25, -0.2) is 0 Å². The molecule has 2 nitrogen and oxygen atoms in total. The molecule has 1 aromatic heterocycles. The highest BCUT2D eigenvalue weighted by atomic mass is 16.3. The number of hydrogen-bond donors (Lipinski definition) is 0. The maximum Gasteiger partial charge on any atom is 0.136 e. The van der Waals surface area contributed by atoms with Gasteiger partial charge in [0.2, 0.25) is 0 Å². The molecular weight excluding hydrogens is 763 g/mol. The number of furan rings is 1. The van der Waals surface area contributed by atoms with E-state index in [0.29, 0.717) is 0 Å². The van der Waals surface area contributed by atoms with Crippen LogP contribution in [-0.2, 0) is 5.41 Å². The van der Waals surface area contributed by atoms with Gasteiger partial charge in [0, 0.05) is 27.8 Å². The van der Waals surface area contributed by atoms with E-state index < -0.39 is 5.41 Å². The third-order valence-corrected chi connectivity index (χ3v) is 13.5. The molecule has 63 heavy (non-hydrogen) atoms. The Kier molecular flexibility index (Phi) is 7.85. The Balaban J connectivity index is 0.942. The van der Waals surface area contributed by atoms with Crippen LogP contribution in [0.4, 0.5) is 17.1 Å². The molecule has 2 aliphatic carbocycles. The van der Waals surface area contributed by atoms with Gasteiger partial charge < -0.3 is 9.32 Å². The molecule has 0 bridgehead atoms. The van der Waals surface area contributed by atoms with Crippen LogP contribution in [0, 0.1) is 0 Å². The molecule has 0 N–H and O–H groups in total. The summed E-state index contributed by atoms with van der Waals surface area (Å²) >= 11 is 0. The Morgan fingerprint density at radius 2 is 0.762 bits per heavy atom. The Morgan fingerprint density at radius 1 is 0.302 bits per heavy atom. The summed E-state index contributed by atoms with van der Waals surface area (Å²) in [6.45, 7) is 0. The van der Waals surface area contributed by atoms with Gasteiger partial charge in [0.25, 0.3) is 0 Å². The number of benzene rings is 10. The molecule has 0 saturated heterocycles. The number of fused-ring (bicyclic) bond motifs is 14. The van der Waals surface area contributed by atoms with E-state index in [-0.39, 0.29) is 0 Å². The van der Waals surface area contributed by atoms with Crippen LogP contribution in [0.25, 0.3) is 77.6 Å². The van der Waals surface area contributed by atoms with Crippen molar-refractivity contribution in [3.05, 3.63) is 259 Å². The number of nitrogens with zero attached hydrogens (tertiary/aromatic N) is 1. The summed E-state index contributed by atoms with van der Waals surface area (Å²) in [6.07, 6.45) is 0. The lowest BCUT2D eigenvalue weighted by Crippen LogP contribution is -2.25. The molecule has 13 rings (SSSR count). The summed E-state index contributed by atoms with van der Waals surface area (Å²) in [5, 5.41) is 2.35. The lowest BCUT2D eigenvalue weighted by molar-refractivity contribution is 0.668. The first-order valence-electron chi connectivity index (χ1n) is 21.7. The van der Waals surface area contributed by atoms with Gasteiger partial charge in [0.05, 0.1) is 5.41 Å². The van der Waals surface area contributed by atoms with E-state index in [1.807, 2.05) is 0 Å². The zero-order valence-electron chi connectivity index (χ0n) is 34.4. The van der Waals surface area contributed by atoms with Crippen molar-refractivity contribution < 1.29 is 4.42 Å². The molecule has 1 atom stereocenters. The molecule has 1 heterocycles. The van der Waals surface area contributed by atoms with Crippen molar-refractivity contribution in [2.24, 2.45) is 0 Å². The molecule has 0 radical (unpaired) electrons. The number of anilines is 3. The van der Waals surface area contributed by atoms with Crippen molar-refractivity contribution >= 4 is 39.0 Å². The van der Waals surface area contributed by atoms with Gasteiger partial charge in [0.1, 0.15) is 11.2 Å². The zero-order valence-corrected chi connectivity index (χ0v) is 34.4. The molecule has 2 heteroatoms. The van der Waals surface area contributed by atoms with Crippen LogP contribution >= 0.6 is 0 Å². The molecule has 1 unspecified atom stereocenters. The van der Waals surface area contributed by atoms with Crippen molar-refractivity contribution in [2.75, 3.05) is 4.90 Å². The van der Waals surface area contributed by atoms with Crippen molar-refractivity contribution in [3.8, 4) is 55.6 Å². The van der Waals surface area contributed by atoms with Gasteiger partial charge in [-0.2, -0.15) is 0 Å². The van der Waals surface area contributed by atoms with Crippen LogP contribution in [0.2, 0.25) is 0 Å². The fraction of sp³-hybridized carbons (Fsp3) is 0.0164. The van der Waals surface area contributed by atoms with E-state index in [2.05, 4.69) is 241 Å². The highest BCUT2D eigenvalue weighted by molar-refractivity contribution is 6.16.